The number of benzene rings is 1. The molecule has 4 heteroatoms. The minimum Gasteiger partial charge on any atom is -0.496 e. The fraction of sp³-hybridized carbons (Fsp3) is 0.357. The van der Waals surface area contributed by atoms with Crippen LogP contribution >= 0.6 is 0 Å². The molecule has 1 rings (SSSR count). The average Bonchev–Trinajstić information content (AvgIpc) is 2.39. The Hall–Kier alpha value is -1.99. The maximum atomic E-state index is 11.8. The van der Waals surface area contributed by atoms with Gasteiger partial charge in [-0.05, 0) is 6.07 Å². The number of hydrogen-bond acceptors (Lipinski definition) is 3. The van der Waals surface area contributed by atoms with Crippen molar-refractivity contribution in [2.24, 2.45) is 0 Å². The van der Waals surface area contributed by atoms with Crippen molar-refractivity contribution in [3.05, 3.63) is 29.8 Å². The molecule has 0 aliphatic rings. The summed E-state index contributed by atoms with van der Waals surface area (Å²) in [5, 5.41) is 2.87. The lowest BCUT2D eigenvalue weighted by atomic mass is 10.2. The number of carbonyl (C=O) groups excluding carboxylic acids is 1. The molecule has 0 saturated carbocycles. The van der Waals surface area contributed by atoms with E-state index in [1.165, 1.54) is 0 Å². The lowest BCUT2D eigenvalue weighted by molar-refractivity contribution is -0.129. The van der Waals surface area contributed by atoms with Crippen molar-refractivity contribution >= 4 is 5.91 Å². The highest BCUT2D eigenvalue weighted by Gasteiger charge is 2.10. The molecule has 1 N–H and O–H groups in total. The standard InChI is InChI=1S/C14H18N2O2/c1-4-9-15-10-14(17)16(2)11-12-7-5-6-8-13(12)18-3/h1,5-8,15H,9-11H2,2-3H3. The Morgan fingerprint density at radius 3 is 2.89 bits per heavy atom. The molecule has 0 bridgehead atoms. The van der Waals surface area contributed by atoms with E-state index in [2.05, 4.69) is 11.2 Å². The number of para-hydroxylation sites is 1. The number of nitrogens with zero attached hydrogens (tertiary/aromatic N) is 1. The summed E-state index contributed by atoms with van der Waals surface area (Å²) in [5.41, 5.74) is 0.979. The first-order valence-corrected chi connectivity index (χ1v) is 5.69. The molecule has 4 nitrogen and oxygen atoms in total. The smallest absolute Gasteiger partial charge is 0.236 e. The second kappa shape index (κ2) is 7.36. The van der Waals surface area contributed by atoms with Crippen LogP contribution in [0.3, 0.4) is 0 Å². The Morgan fingerprint density at radius 2 is 2.22 bits per heavy atom. The van der Waals surface area contributed by atoms with Gasteiger partial charge in [-0.3, -0.25) is 10.1 Å². The number of terminal acetylenes is 1. The maximum absolute atomic E-state index is 11.8. The zero-order valence-electron chi connectivity index (χ0n) is 10.8. The Balaban J connectivity index is 2.56. The van der Waals surface area contributed by atoms with Gasteiger partial charge in [-0.2, -0.15) is 0 Å². The predicted octanol–water partition coefficient (Wildman–Crippen LogP) is 0.876. The molecule has 0 aliphatic heterocycles. The highest BCUT2D eigenvalue weighted by Crippen LogP contribution is 2.18. The molecular weight excluding hydrogens is 228 g/mol. The molecule has 0 unspecified atom stereocenters. The first-order valence-electron chi connectivity index (χ1n) is 5.69. The summed E-state index contributed by atoms with van der Waals surface area (Å²) in [5.74, 6) is 3.21. The quantitative estimate of drug-likeness (QED) is 0.598. The van der Waals surface area contributed by atoms with E-state index in [1.54, 1.807) is 19.1 Å². The van der Waals surface area contributed by atoms with Crippen LogP contribution in [0.15, 0.2) is 24.3 Å². The zero-order chi connectivity index (χ0) is 13.4. The zero-order valence-corrected chi connectivity index (χ0v) is 10.8. The summed E-state index contributed by atoms with van der Waals surface area (Å²) >= 11 is 0. The number of methoxy groups -OCH3 is 1. The minimum atomic E-state index is -0.00356. The van der Waals surface area contributed by atoms with E-state index in [9.17, 15) is 4.79 Å². The second-order valence-corrected chi connectivity index (χ2v) is 3.87. The molecule has 1 aromatic rings. The van der Waals surface area contributed by atoms with Crippen LogP contribution in [0.4, 0.5) is 0 Å². The van der Waals surface area contributed by atoms with Gasteiger partial charge < -0.3 is 9.64 Å². The summed E-state index contributed by atoms with van der Waals surface area (Å²) in [7, 11) is 3.38. The van der Waals surface area contributed by atoms with Crippen LogP contribution in [0.2, 0.25) is 0 Å². The lowest BCUT2D eigenvalue weighted by Crippen LogP contribution is -2.35. The van der Waals surface area contributed by atoms with Crippen molar-refractivity contribution in [2.75, 3.05) is 27.2 Å². The van der Waals surface area contributed by atoms with Gasteiger partial charge in [0.2, 0.25) is 5.91 Å². The van der Waals surface area contributed by atoms with Gasteiger partial charge in [-0.1, -0.05) is 24.1 Å². The first kappa shape index (κ1) is 14.1. The Kier molecular flexibility index (Phi) is 5.75. The molecule has 0 saturated heterocycles. The van der Waals surface area contributed by atoms with E-state index in [0.717, 1.165) is 11.3 Å². The number of amides is 1. The van der Waals surface area contributed by atoms with Gasteiger partial charge in [0.25, 0.3) is 0 Å². The summed E-state index contributed by atoms with van der Waals surface area (Å²) in [6.45, 7) is 1.16. The second-order valence-electron chi connectivity index (χ2n) is 3.87. The van der Waals surface area contributed by atoms with Gasteiger partial charge in [0.15, 0.2) is 0 Å². The fourth-order valence-electron chi connectivity index (χ4n) is 1.55. The number of hydrogen-bond donors (Lipinski definition) is 1. The van der Waals surface area contributed by atoms with Crippen LogP contribution in [-0.2, 0) is 11.3 Å². The average molecular weight is 246 g/mol. The molecule has 0 aromatic heterocycles. The number of rotatable bonds is 6. The molecule has 0 atom stereocenters. The molecule has 0 aliphatic carbocycles. The van der Waals surface area contributed by atoms with E-state index in [4.69, 9.17) is 11.2 Å². The van der Waals surface area contributed by atoms with E-state index < -0.39 is 0 Å². The Morgan fingerprint density at radius 1 is 1.50 bits per heavy atom. The van der Waals surface area contributed by atoms with Crippen molar-refractivity contribution in [3.8, 4) is 18.1 Å². The van der Waals surface area contributed by atoms with Crippen LogP contribution in [-0.4, -0.2) is 38.1 Å². The Labute approximate surface area is 108 Å². The van der Waals surface area contributed by atoms with Gasteiger partial charge in [-0.15, -0.1) is 6.42 Å². The van der Waals surface area contributed by atoms with Gasteiger partial charge in [0.05, 0.1) is 20.2 Å². The topological polar surface area (TPSA) is 41.6 Å². The summed E-state index contributed by atoms with van der Waals surface area (Å²) in [6.07, 6.45) is 5.10. The fourth-order valence-corrected chi connectivity index (χ4v) is 1.55. The maximum Gasteiger partial charge on any atom is 0.236 e. The van der Waals surface area contributed by atoms with Crippen LogP contribution in [0.5, 0.6) is 5.75 Å². The molecule has 0 spiro atoms. The highest BCUT2D eigenvalue weighted by atomic mass is 16.5. The van der Waals surface area contributed by atoms with Crippen LogP contribution < -0.4 is 10.1 Å². The molecule has 0 radical (unpaired) electrons. The molecule has 96 valence electrons. The highest BCUT2D eigenvalue weighted by molar-refractivity contribution is 5.78. The monoisotopic (exact) mass is 246 g/mol. The Bertz CT molecular complexity index is 438. The summed E-state index contributed by atoms with van der Waals surface area (Å²) < 4.78 is 5.24. The van der Waals surface area contributed by atoms with E-state index >= 15 is 0 Å². The SMILES string of the molecule is C#CCNCC(=O)N(C)Cc1ccccc1OC. The largest absolute Gasteiger partial charge is 0.496 e. The predicted molar refractivity (Wildman–Crippen MR) is 71.2 cm³/mol. The van der Waals surface area contributed by atoms with Crippen molar-refractivity contribution < 1.29 is 9.53 Å². The van der Waals surface area contributed by atoms with Gasteiger partial charge in [0.1, 0.15) is 5.75 Å². The van der Waals surface area contributed by atoms with E-state index in [-0.39, 0.29) is 12.5 Å². The molecular formula is C14H18N2O2. The van der Waals surface area contributed by atoms with Gasteiger partial charge in [0, 0.05) is 19.2 Å². The van der Waals surface area contributed by atoms with Gasteiger partial charge in [-0.25, -0.2) is 0 Å². The molecule has 18 heavy (non-hydrogen) atoms. The summed E-state index contributed by atoms with van der Waals surface area (Å²) in [6, 6.07) is 7.65. The molecule has 1 amide bonds. The third-order valence-corrected chi connectivity index (χ3v) is 2.53. The van der Waals surface area contributed by atoms with E-state index in [0.29, 0.717) is 13.1 Å². The lowest BCUT2D eigenvalue weighted by Gasteiger charge is -2.18. The summed E-state index contributed by atoms with van der Waals surface area (Å²) in [4.78, 5) is 13.4. The molecule has 1 aromatic carbocycles. The van der Waals surface area contributed by atoms with Crippen molar-refractivity contribution in [1.82, 2.24) is 10.2 Å². The number of ether oxygens (including phenoxy) is 1. The molecule has 0 heterocycles. The molecule has 0 fully saturated rings. The third-order valence-electron chi connectivity index (χ3n) is 2.53. The number of nitrogens with one attached hydrogen (secondary N) is 1. The van der Waals surface area contributed by atoms with Crippen molar-refractivity contribution in [2.45, 2.75) is 6.54 Å². The van der Waals surface area contributed by atoms with Crippen molar-refractivity contribution in [3.63, 3.8) is 0 Å². The third kappa shape index (κ3) is 4.11. The van der Waals surface area contributed by atoms with Crippen molar-refractivity contribution in [1.29, 1.82) is 0 Å². The minimum absolute atomic E-state index is 0.00356. The van der Waals surface area contributed by atoms with Gasteiger partial charge >= 0.3 is 0 Å². The number of likely N-dealkylation sites (N-methyl/N-ethyl adjacent to an activating group) is 1. The van der Waals surface area contributed by atoms with E-state index in [1.807, 2.05) is 24.3 Å². The first-order chi connectivity index (χ1) is 8.69. The van der Waals surface area contributed by atoms with Crippen LogP contribution in [0, 0.1) is 12.3 Å². The number of carbonyl (C=O) groups is 1. The van der Waals surface area contributed by atoms with Crippen LogP contribution in [0.25, 0.3) is 0 Å². The normalized spacial score (nSPS) is 9.61. The van der Waals surface area contributed by atoms with Crippen LogP contribution in [0.1, 0.15) is 5.56 Å².